The van der Waals surface area contributed by atoms with Gasteiger partial charge in [-0.1, -0.05) is 19.8 Å². The normalized spacial score (nSPS) is 13.1. The first-order valence-electron chi connectivity index (χ1n) is 6.74. The van der Waals surface area contributed by atoms with Gasteiger partial charge in [-0.25, -0.2) is 17.9 Å². The molecule has 1 unspecified atom stereocenters. The van der Waals surface area contributed by atoms with Crippen molar-refractivity contribution in [3.05, 3.63) is 27.7 Å². The van der Waals surface area contributed by atoms with Crippen molar-refractivity contribution in [1.29, 1.82) is 0 Å². The largest absolute Gasteiger partial charge is 0.478 e. The van der Waals surface area contributed by atoms with E-state index >= 15 is 0 Å². The Bertz CT molecular complexity index is 628. The van der Waals surface area contributed by atoms with Gasteiger partial charge in [0.2, 0.25) is 10.0 Å². The quantitative estimate of drug-likeness (QED) is 0.763. The molecule has 21 heavy (non-hydrogen) atoms. The van der Waals surface area contributed by atoms with Gasteiger partial charge in [-0.15, -0.1) is 0 Å². The zero-order chi connectivity index (χ0) is 16.2. The maximum absolute atomic E-state index is 12.4. The Morgan fingerprint density at radius 1 is 1.43 bits per heavy atom. The second kappa shape index (κ2) is 7.38. The van der Waals surface area contributed by atoms with Gasteiger partial charge in [-0.05, 0) is 53.9 Å². The number of sulfonamides is 1. The topological polar surface area (TPSA) is 83.5 Å². The lowest BCUT2D eigenvalue weighted by Gasteiger charge is -2.16. The van der Waals surface area contributed by atoms with Gasteiger partial charge in [-0.3, -0.25) is 0 Å². The van der Waals surface area contributed by atoms with E-state index in [-0.39, 0.29) is 16.5 Å². The number of hydrogen-bond donors (Lipinski definition) is 2. The maximum Gasteiger partial charge on any atom is 0.335 e. The summed E-state index contributed by atoms with van der Waals surface area (Å²) in [4.78, 5) is 11.0. The number of carbonyl (C=O) groups is 1. The summed E-state index contributed by atoms with van der Waals surface area (Å²) in [6.07, 6.45) is 2.66. The van der Waals surface area contributed by atoms with E-state index < -0.39 is 16.0 Å². The van der Waals surface area contributed by atoms with E-state index in [1.807, 2.05) is 6.92 Å². The number of carboxylic acid groups (broad SMARTS) is 1. The van der Waals surface area contributed by atoms with Crippen molar-refractivity contribution in [1.82, 2.24) is 4.72 Å². The van der Waals surface area contributed by atoms with E-state index in [9.17, 15) is 13.2 Å². The van der Waals surface area contributed by atoms with E-state index in [2.05, 4.69) is 20.7 Å². The lowest BCUT2D eigenvalue weighted by molar-refractivity contribution is 0.0696. The van der Waals surface area contributed by atoms with Crippen LogP contribution in [0.1, 0.15) is 49.0 Å². The Hall–Kier alpha value is -0.920. The number of carboxylic acids is 1. The number of aryl methyl sites for hydroxylation is 1. The molecule has 0 aliphatic carbocycles. The molecule has 1 atom stereocenters. The molecule has 0 aromatic heterocycles. The van der Waals surface area contributed by atoms with Crippen LogP contribution in [0.2, 0.25) is 0 Å². The fourth-order valence-corrected chi connectivity index (χ4v) is 4.28. The van der Waals surface area contributed by atoms with Crippen molar-refractivity contribution in [2.75, 3.05) is 0 Å². The van der Waals surface area contributed by atoms with Gasteiger partial charge in [-0.2, -0.15) is 0 Å². The van der Waals surface area contributed by atoms with Gasteiger partial charge in [0.1, 0.15) is 0 Å². The van der Waals surface area contributed by atoms with Gasteiger partial charge in [0.05, 0.1) is 10.5 Å². The highest BCUT2D eigenvalue weighted by Gasteiger charge is 2.23. The third-order valence-corrected chi connectivity index (χ3v) is 6.03. The molecule has 0 fully saturated rings. The predicted molar refractivity (Wildman–Crippen MR) is 85.1 cm³/mol. The summed E-state index contributed by atoms with van der Waals surface area (Å²) in [5.74, 6) is -1.15. The Labute approximate surface area is 133 Å². The summed E-state index contributed by atoms with van der Waals surface area (Å²) >= 11 is 3.23. The summed E-state index contributed by atoms with van der Waals surface area (Å²) in [5.41, 5.74) is 0.522. The molecule has 0 aliphatic rings. The Morgan fingerprint density at radius 2 is 2.05 bits per heavy atom. The summed E-state index contributed by atoms with van der Waals surface area (Å²) in [7, 11) is -3.76. The zero-order valence-electron chi connectivity index (χ0n) is 12.3. The van der Waals surface area contributed by atoms with Crippen molar-refractivity contribution in [2.45, 2.75) is 51.0 Å². The summed E-state index contributed by atoms with van der Waals surface area (Å²) in [5, 5.41) is 9.06. The first kappa shape index (κ1) is 18.1. The van der Waals surface area contributed by atoms with Gasteiger partial charge in [0.25, 0.3) is 0 Å². The molecular formula is C14H20BrNO4S. The van der Waals surface area contributed by atoms with E-state index in [0.717, 1.165) is 19.3 Å². The van der Waals surface area contributed by atoms with Crippen LogP contribution < -0.4 is 4.72 Å². The Kier molecular flexibility index (Phi) is 6.37. The molecule has 1 rings (SSSR count). The average Bonchev–Trinajstić information content (AvgIpc) is 2.38. The molecule has 7 heteroatoms. The van der Waals surface area contributed by atoms with Crippen molar-refractivity contribution in [2.24, 2.45) is 0 Å². The lowest BCUT2D eigenvalue weighted by atomic mass is 10.1. The second-order valence-corrected chi connectivity index (χ2v) is 7.55. The van der Waals surface area contributed by atoms with Gasteiger partial charge < -0.3 is 5.11 Å². The maximum atomic E-state index is 12.4. The minimum absolute atomic E-state index is 0.0387. The standard InChI is InChI=1S/C14H20BrNO4S/c1-4-5-6-10(3)16-21(19,20)12-8-11(14(17)18)7-9(2)13(12)15/h7-8,10,16H,4-6H2,1-3H3,(H,17,18). The van der Waals surface area contributed by atoms with Crippen LogP contribution in [0.3, 0.4) is 0 Å². The molecule has 1 aromatic carbocycles. The van der Waals surface area contributed by atoms with Crippen LogP contribution in [0.25, 0.3) is 0 Å². The number of aromatic carboxylic acids is 1. The molecule has 0 saturated carbocycles. The van der Waals surface area contributed by atoms with Crippen LogP contribution in [-0.4, -0.2) is 25.5 Å². The van der Waals surface area contributed by atoms with Crippen molar-refractivity contribution in [3.8, 4) is 0 Å². The molecule has 0 bridgehead atoms. The molecule has 5 nitrogen and oxygen atoms in total. The minimum atomic E-state index is -3.76. The number of unbranched alkanes of at least 4 members (excludes halogenated alkanes) is 1. The number of benzene rings is 1. The van der Waals surface area contributed by atoms with Gasteiger partial charge >= 0.3 is 5.97 Å². The van der Waals surface area contributed by atoms with Gasteiger partial charge in [0.15, 0.2) is 0 Å². The summed E-state index contributed by atoms with van der Waals surface area (Å²) in [6.45, 7) is 5.50. The molecular weight excluding hydrogens is 358 g/mol. The Balaban J connectivity index is 3.16. The number of nitrogens with one attached hydrogen (secondary N) is 1. The molecule has 0 amide bonds. The third kappa shape index (κ3) is 4.79. The summed E-state index contributed by atoms with van der Waals surface area (Å²) in [6, 6.07) is 2.41. The van der Waals surface area contributed by atoms with Crippen LogP contribution in [0, 0.1) is 6.92 Å². The molecule has 0 aliphatic heterocycles. The molecule has 118 valence electrons. The van der Waals surface area contributed by atoms with Crippen LogP contribution in [0.4, 0.5) is 0 Å². The highest BCUT2D eigenvalue weighted by molar-refractivity contribution is 9.10. The second-order valence-electron chi connectivity index (χ2n) is 5.07. The first-order chi connectivity index (χ1) is 9.69. The minimum Gasteiger partial charge on any atom is -0.478 e. The van der Waals surface area contributed by atoms with Crippen LogP contribution in [0.15, 0.2) is 21.5 Å². The van der Waals surface area contributed by atoms with Crippen LogP contribution in [-0.2, 0) is 10.0 Å². The predicted octanol–water partition coefficient (Wildman–Crippen LogP) is 3.31. The Morgan fingerprint density at radius 3 is 2.57 bits per heavy atom. The SMILES string of the molecule is CCCCC(C)NS(=O)(=O)c1cc(C(=O)O)cc(C)c1Br. The molecule has 0 radical (unpaired) electrons. The van der Waals surface area contributed by atoms with Gasteiger partial charge in [0, 0.05) is 10.5 Å². The van der Waals surface area contributed by atoms with Crippen LogP contribution >= 0.6 is 15.9 Å². The van der Waals surface area contributed by atoms with Crippen molar-refractivity contribution in [3.63, 3.8) is 0 Å². The smallest absolute Gasteiger partial charge is 0.335 e. The summed E-state index contributed by atoms with van der Waals surface area (Å²) < 4.78 is 27.8. The van der Waals surface area contributed by atoms with Crippen LogP contribution in [0.5, 0.6) is 0 Å². The van der Waals surface area contributed by atoms with Crippen molar-refractivity contribution >= 4 is 31.9 Å². The first-order valence-corrected chi connectivity index (χ1v) is 9.02. The lowest BCUT2D eigenvalue weighted by Crippen LogP contribution is -2.33. The zero-order valence-corrected chi connectivity index (χ0v) is 14.7. The highest BCUT2D eigenvalue weighted by atomic mass is 79.9. The average molecular weight is 378 g/mol. The van der Waals surface area contributed by atoms with E-state index in [0.29, 0.717) is 10.0 Å². The third-order valence-electron chi connectivity index (χ3n) is 3.10. The fourth-order valence-electron chi connectivity index (χ4n) is 1.95. The fraction of sp³-hybridized carbons (Fsp3) is 0.500. The van der Waals surface area contributed by atoms with E-state index in [4.69, 9.17) is 5.11 Å². The van der Waals surface area contributed by atoms with Crippen molar-refractivity contribution < 1.29 is 18.3 Å². The highest BCUT2D eigenvalue weighted by Crippen LogP contribution is 2.27. The molecule has 1 aromatic rings. The number of hydrogen-bond acceptors (Lipinski definition) is 3. The monoisotopic (exact) mass is 377 g/mol. The molecule has 0 heterocycles. The molecule has 0 spiro atoms. The molecule has 2 N–H and O–H groups in total. The number of rotatable bonds is 7. The van der Waals surface area contributed by atoms with E-state index in [1.165, 1.54) is 12.1 Å². The number of halogens is 1. The molecule has 0 saturated heterocycles. The van der Waals surface area contributed by atoms with E-state index in [1.54, 1.807) is 13.8 Å².